The molecule has 1 aromatic rings. The van der Waals surface area contributed by atoms with Crippen LogP contribution >= 0.6 is 0 Å². The van der Waals surface area contributed by atoms with Crippen LogP contribution in [-0.2, 0) is 4.84 Å². The molecule has 14 heavy (non-hydrogen) atoms. The first kappa shape index (κ1) is 9.86. The number of hydrogen-bond acceptors (Lipinski definition) is 3. The van der Waals surface area contributed by atoms with E-state index in [-0.39, 0.29) is 0 Å². The highest BCUT2D eigenvalue weighted by atomic mass is 16.6. The number of hydrogen-bond donors (Lipinski definition) is 1. The quantitative estimate of drug-likeness (QED) is 0.565. The third-order valence-corrected chi connectivity index (χ3v) is 1.63. The van der Waals surface area contributed by atoms with E-state index in [4.69, 9.17) is 5.26 Å². The molecule has 0 aliphatic heterocycles. The summed E-state index contributed by atoms with van der Waals surface area (Å²) in [6.07, 6.45) is 1.35. The van der Waals surface area contributed by atoms with Crippen molar-refractivity contribution in [3.8, 4) is 6.26 Å². The Labute approximate surface area is 81.5 Å². The first-order chi connectivity index (χ1) is 6.75. The first-order valence-corrected chi connectivity index (χ1v) is 3.89. The number of amides is 2. The van der Waals surface area contributed by atoms with Gasteiger partial charge >= 0.3 is 12.3 Å². The molecule has 0 heterocycles. The molecule has 1 N–H and O–H groups in total. The zero-order valence-corrected chi connectivity index (χ0v) is 7.60. The number of para-hydroxylation sites is 1. The second-order valence-electron chi connectivity index (χ2n) is 2.50. The largest absolute Gasteiger partial charge is 0.355 e. The van der Waals surface area contributed by atoms with E-state index < -0.39 is 6.03 Å². The van der Waals surface area contributed by atoms with Crippen LogP contribution in [0.15, 0.2) is 30.3 Å². The number of carbonyl (C=O) groups is 1. The van der Waals surface area contributed by atoms with Gasteiger partial charge in [0, 0.05) is 12.7 Å². The maximum absolute atomic E-state index is 11.2. The molecule has 0 atom stereocenters. The minimum Gasteiger partial charge on any atom is -0.297 e. The lowest BCUT2D eigenvalue weighted by Crippen LogP contribution is -2.36. The Morgan fingerprint density at radius 1 is 1.50 bits per heavy atom. The van der Waals surface area contributed by atoms with Gasteiger partial charge in [-0.25, -0.2) is 4.79 Å². The standard InChI is InChI=1S/C9H9N3O2/c1-12(9(13)11-14-7-10)8-5-3-2-4-6-8/h2-6H,1H3,(H,11,13). The Kier molecular flexibility index (Phi) is 3.33. The lowest BCUT2D eigenvalue weighted by Gasteiger charge is -2.15. The van der Waals surface area contributed by atoms with Crippen molar-refractivity contribution < 1.29 is 9.63 Å². The number of urea groups is 1. The van der Waals surface area contributed by atoms with Crippen LogP contribution in [-0.4, -0.2) is 13.1 Å². The van der Waals surface area contributed by atoms with Gasteiger partial charge in [-0.05, 0) is 12.1 Å². The number of carbonyl (C=O) groups excluding carboxylic acids is 1. The molecule has 0 spiro atoms. The summed E-state index contributed by atoms with van der Waals surface area (Å²) in [6, 6.07) is 8.51. The fourth-order valence-corrected chi connectivity index (χ4v) is 0.904. The van der Waals surface area contributed by atoms with Gasteiger partial charge in [-0.1, -0.05) is 18.2 Å². The molecule has 1 rings (SSSR count). The van der Waals surface area contributed by atoms with Crippen molar-refractivity contribution >= 4 is 11.7 Å². The van der Waals surface area contributed by atoms with Crippen molar-refractivity contribution in [2.75, 3.05) is 11.9 Å². The summed E-state index contributed by atoms with van der Waals surface area (Å²) in [5.41, 5.74) is 2.67. The average Bonchev–Trinajstić information content (AvgIpc) is 2.26. The Bertz CT molecular complexity index is 345. The van der Waals surface area contributed by atoms with Gasteiger partial charge in [0.15, 0.2) is 0 Å². The number of nitriles is 1. The van der Waals surface area contributed by atoms with Gasteiger partial charge in [0.25, 0.3) is 0 Å². The zero-order chi connectivity index (χ0) is 10.4. The monoisotopic (exact) mass is 191 g/mol. The summed E-state index contributed by atoms with van der Waals surface area (Å²) >= 11 is 0. The van der Waals surface area contributed by atoms with Crippen LogP contribution in [0.5, 0.6) is 0 Å². The van der Waals surface area contributed by atoms with Gasteiger partial charge in [0.05, 0.1) is 0 Å². The van der Waals surface area contributed by atoms with Crippen LogP contribution < -0.4 is 10.4 Å². The van der Waals surface area contributed by atoms with E-state index >= 15 is 0 Å². The summed E-state index contributed by atoms with van der Waals surface area (Å²) in [5.74, 6) is 0. The number of rotatable bonds is 2. The first-order valence-electron chi connectivity index (χ1n) is 3.89. The number of nitrogens with one attached hydrogen (secondary N) is 1. The van der Waals surface area contributed by atoms with Gasteiger partial charge in [0.2, 0.25) is 0 Å². The van der Waals surface area contributed by atoms with Gasteiger partial charge in [-0.2, -0.15) is 5.48 Å². The molecule has 0 fully saturated rings. The van der Waals surface area contributed by atoms with E-state index in [9.17, 15) is 4.79 Å². The molecule has 0 saturated carbocycles. The Morgan fingerprint density at radius 3 is 2.71 bits per heavy atom. The molecule has 5 heteroatoms. The molecule has 5 nitrogen and oxygen atoms in total. The third-order valence-electron chi connectivity index (χ3n) is 1.63. The van der Waals surface area contributed by atoms with Crippen molar-refractivity contribution in [3.63, 3.8) is 0 Å². The van der Waals surface area contributed by atoms with Crippen molar-refractivity contribution in [2.24, 2.45) is 0 Å². The molecule has 0 aliphatic rings. The van der Waals surface area contributed by atoms with Crippen LogP contribution in [0, 0.1) is 11.5 Å². The van der Waals surface area contributed by atoms with E-state index in [1.54, 1.807) is 19.2 Å². The molecular weight excluding hydrogens is 182 g/mol. The molecule has 0 saturated heterocycles. The smallest absolute Gasteiger partial charge is 0.297 e. The second-order valence-corrected chi connectivity index (χ2v) is 2.50. The number of benzene rings is 1. The molecule has 0 aliphatic carbocycles. The lowest BCUT2D eigenvalue weighted by atomic mass is 10.3. The second kappa shape index (κ2) is 4.72. The van der Waals surface area contributed by atoms with Crippen molar-refractivity contribution in [1.29, 1.82) is 5.26 Å². The average molecular weight is 191 g/mol. The number of nitrogens with zero attached hydrogens (tertiary/aromatic N) is 2. The van der Waals surface area contributed by atoms with Crippen molar-refractivity contribution in [3.05, 3.63) is 30.3 Å². The van der Waals surface area contributed by atoms with E-state index in [1.165, 1.54) is 11.2 Å². The highest BCUT2D eigenvalue weighted by Gasteiger charge is 2.09. The van der Waals surface area contributed by atoms with E-state index in [0.29, 0.717) is 5.69 Å². The van der Waals surface area contributed by atoms with Gasteiger partial charge < -0.3 is 0 Å². The van der Waals surface area contributed by atoms with Crippen LogP contribution in [0.25, 0.3) is 0 Å². The topological polar surface area (TPSA) is 65.4 Å². The highest BCUT2D eigenvalue weighted by Crippen LogP contribution is 2.10. The molecule has 2 amide bonds. The molecule has 0 bridgehead atoms. The van der Waals surface area contributed by atoms with Crippen LogP contribution in [0.2, 0.25) is 0 Å². The lowest BCUT2D eigenvalue weighted by molar-refractivity contribution is 0.158. The summed E-state index contributed by atoms with van der Waals surface area (Å²) in [4.78, 5) is 16.7. The zero-order valence-electron chi connectivity index (χ0n) is 7.60. The molecule has 0 radical (unpaired) electrons. The maximum Gasteiger partial charge on any atom is 0.355 e. The molecular formula is C9H9N3O2. The van der Waals surface area contributed by atoms with E-state index in [0.717, 1.165) is 0 Å². The molecule has 0 unspecified atom stereocenters. The van der Waals surface area contributed by atoms with Crippen LogP contribution in [0.3, 0.4) is 0 Å². The normalized spacial score (nSPS) is 8.57. The van der Waals surface area contributed by atoms with Gasteiger partial charge in [-0.15, -0.1) is 5.26 Å². The minimum absolute atomic E-state index is 0.502. The van der Waals surface area contributed by atoms with Crippen LogP contribution in [0.4, 0.5) is 10.5 Å². The summed E-state index contributed by atoms with van der Waals surface area (Å²) in [6.45, 7) is 0. The summed E-state index contributed by atoms with van der Waals surface area (Å²) in [7, 11) is 1.57. The molecule has 0 aromatic heterocycles. The minimum atomic E-state index is -0.502. The number of hydroxylamine groups is 1. The Morgan fingerprint density at radius 2 is 2.14 bits per heavy atom. The summed E-state index contributed by atoms with van der Waals surface area (Å²) in [5, 5.41) is 8.06. The van der Waals surface area contributed by atoms with E-state index in [1.807, 2.05) is 23.7 Å². The SMILES string of the molecule is CN(C(=O)NOC#N)c1ccccc1. The van der Waals surface area contributed by atoms with Crippen molar-refractivity contribution in [2.45, 2.75) is 0 Å². The summed E-state index contributed by atoms with van der Waals surface area (Å²) < 4.78 is 0. The molecule has 72 valence electrons. The predicted molar refractivity (Wildman–Crippen MR) is 50.1 cm³/mol. The fraction of sp³-hybridized carbons (Fsp3) is 0.111. The Balaban J connectivity index is 2.62. The van der Waals surface area contributed by atoms with E-state index in [2.05, 4.69) is 4.84 Å². The van der Waals surface area contributed by atoms with Gasteiger partial charge in [-0.3, -0.25) is 9.74 Å². The van der Waals surface area contributed by atoms with Crippen LogP contribution in [0.1, 0.15) is 0 Å². The highest BCUT2D eigenvalue weighted by molar-refractivity contribution is 5.90. The van der Waals surface area contributed by atoms with Gasteiger partial charge in [0.1, 0.15) is 0 Å². The third kappa shape index (κ3) is 2.38. The van der Waals surface area contributed by atoms with Crippen molar-refractivity contribution in [1.82, 2.24) is 5.48 Å². The predicted octanol–water partition coefficient (Wildman–Crippen LogP) is 1.25. The molecule has 1 aromatic carbocycles. The fourth-order valence-electron chi connectivity index (χ4n) is 0.904. The maximum atomic E-state index is 11.2. The number of anilines is 1. The Hall–Kier alpha value is -2.22.